The van der Waals surface area contributed by atoms with Crippen molar-refractivity contribution in [2.75, 3.05) is 0 Å². The van der Waals surface area contributed by atoms with Gasteiger partial charge in [0.15, 0.2) is 0 Å². The third kappa shape index (κ3) is 7.06. The van der Waals surface area contributed by atoms with E-state index in [0.29, 0.717) is 0 Å². The van der Waals surface area contributed by atoms with Crippen LogP contribution in [0.4, 0.5) is 0 Å². The van der Waals surface area contributed by atoms with Crippen LogP contribution in [0.1, 0.15) is 47.4 Å². The summed E-state index contributed by atoms with van der Waals surface area (Å²) in [5, 5.41) is 0. The highest BCUT2D eigenvalue weighted by Gasteiger charge is 2.21. The molecule has 8 nitrogen and oxygen atoms in total. The molecule has 0 N–H and O–H groups in total. The molecule has 0 saturated heterocycles. The fourth-order valence-electron chi connectivity index (χ4n) is 1.88. The van der Waals surface area contributed by atoms with Crippen LogP contribution in [0, 0.1) is 0 Å². The molecule has 0 aliphatic heterocycles. The molecule has 1 aromatic carbocycles. The summed E-state index contributed by atoms with van der Waals surface area (Å²) >= 11 is 0. The van der Waals surface area contributed by atoms with Crippen molar-refractivity contribution in [3.8, 4) is 0 Å². The fourth-order valence-corrected chi connectivity index (χ4v) is 1.88. The summed E-state index contributed by atoms with van der Waals surface area (Å²) in [5.74, 6) is -3.03. The minimum Gasteiger partial charge on any atom is -0.422 e. The number of esters is 4. The van der Waals surface area contributed by atoms with Crippen molar-refractivity contribution < 1.29 is 38.1 Å². The molecule has 0 heterocycles. The number of carbonyl (C=O) groups excluding carboxylic acids is 4. The Morgan fingerprint density at radius 3 is 1.54 bits per heavy atom. The second-order valence-corrected chi connectivity index (χ2v) is 5.35. The third-order valence-electron chi connectivity index (χ3n) is 3.31. The van der Waals surface area contributed by atoms with Gasteiger partial charge in [0.1, 0.15) is 0 Å². The lowest BCUT2D eigenvalue weighted by Crippen LogP contribution is -2.24. The molecular weight excluding hydrogens is 368 g/mol. The molecular formula is C20H22O8. The summed E-state index contributed by atoms with van der Waals surface area (Å²) < 4.78 is 20.0. The Morgan fingerprint density at radius 2 is 1.21 bits per heavy atom. The van der Waals surface area contributed by atoms with Gasteiger partial charge in [-0.05, 0) is 18.2 Å². The fraction of sp³-hybridized carbons (Fsp3) is 0.300. The summed E-state index contributed by atoms with van der Waals surface area (Å²) in [6, 6.07) is 5.57. The zero-order chi connectivity index (χ0) is 21.1. The van der Waals surface area contributed by atoms with Crippen molar-refractivity contribution >= 4 is 23.9 Å². The van der Waals surface area contributed by atoms with Gasteiger partial charge in [0.2, 0.25) is 12.6 Å². The highest BCUT2D eigenvalue weighted by atomic mass is 16.7. The molecule has 0 fully saturated rings. The lowest BCUT2D eigenvalue weighted by Gasteiger charge is -2.17. The normalized spacial score (nSPS) is 12.1. The average Bonchev–Trinajstić information content (AvgIpc) is 2.72. The molecule has 0 aliphatic carbocycles. The van der Waals surface area contributed by atoms with E-state index in [4.69, 9.17) is 18.9 Å². The molecule has 2 unspecified atom stereocenters. The predicted molar refractivity (Wildman–Crippen MR) is 98.0 cm³/mol. The molecule has 8 heteroatoms. The Kier molecular flexibility index (Phi) is 9.15. The van der Waals surface area contributed by atoms with E-state index in [0.717, 1.165) is 12.2 Å². The lowest BCUT2D eigenvalue weighted by atomic mass is 10.1. The summed E-state index contributed by atoms with van der Waals surface area (Å²) in [4.78, 5) is 47.0. The molecule has 0 aromatic heterocycles. The number of hydrogen-bond donors (Lipinski definition) is 0. The molecule has 0 spiro atoms. The Balaban J connectivity index is 2.83. The van der Waals surface area contributed by atoms with Gasteiger partial charge in [-0.2, -0.15) is 0 Å². The number of hydrogen-bond acceptors (Lipinski definition) is 8. The van der Waals surface area contributed by atoms with Crippen LogP contribution >= 0.6 is 0 Å². The van der Waals surface area contributed by atoms with Gasteiger partial charge in [-0.3, -0.25) is 0 Å². The highest BCUT2D eigenvalue weighted by Crippen LogP contribution is 2.13. The zero-order valence-electron chi connectivity index (χ0n) is 15.7. The average molecular weight is 390 g/mol. The maximum Gasteiger partial charge on any atom is 0.341 e. The van der Waals surface area contributed by atoms with E-state index in [1.807, 2.05) is 0 Å². The topological polar surface area (TPSA) is 105 Å². The van der Waals surface area contributed by atoms with E-state index in [1.165, 1.54) is 24.3 Å². The number of carbonyl (C=O) groups is 4. The zero-order valence-corrected chi connectivity index (χ0v) is 15.7. The Hall–Kier alpha value is -3.42. The smallest absolute Gasteiger partial charge is 0.341 e. The number of ether oxygens (including phenoxy) is 4. The Labute approximate surface area is 162 Å². The van der Waals surface area contributed by atoms with E-state index >= 15 is 0 Å². The van der Waals surface area contributed by atoms with E-state index < -0.39 is 36.5 Å². The highest BCUT2D eigenvalue weighted by molar-refractivity contribution is 5.95. The van der Waals surface area contributed by atoms with Crippen LogP contribution in [0.3, 0.4) is 0 Å². The van der Waals surface area contributed by atoms with Crippen molar-refractivity contribution in [2.45, 2.75) is 39.3 Å². The van der Waals surface area contributed by atoms with Crippen LogP contribution < -0.4 is 0 Å². The maximum atomic E-state index is 12.2. The van der Waals surface area contributed by atoms with Crippen molar-refractivity contribution in [3.63, 3.8) is 0 Å². The van der Waals surface area contributed by atoms with E-state index in [2.05, 4.69) is 13.2 Å². The molecule has 2 atom stereocenters. The summed E-state index contributed by atoms with van der Waals surface area (Å²) in [5.41, 5.74) is 0.109. The minimum absolute atomic E-state index is 0.0543. The molecule has 0 aliphatic rings. The van der Waals surface area contributed by atoms with Gasteiger partial charge in [-0.1, -0.05) is 33.1 Å². The Bertz CT molecular complexity index is 693. The second kappa shape index (κ2) is 11.3. The van der Waals surface area contributed by atoms with E-state index in [9.17, 15) is 19.2 Å². The van der Waals surface area contributed by atoms with Crippen LogP contribution in [-0.4, -0.2) is 36.5 Å². The van der Waals surface area contributed by atoms with Gasteiger partial charge in [0.25, 0.3) is 0 Å². The predicted octanol–water partition coefficient (Wildman–Crippen LogP) is 2.93. The van der Waals surface area contributed by atoms with Crippen LogP contribution in [0.25, 0.3) is 0 Å². The molecule has 150 valence electrons. The first kappa shape index (κ1) is 22.6. The molecule has 1 aromatic rings. The molecule has 0 amide bonds. The van der Waals surface area contributed by atoms with Gasteiger partial charge in [0, 0.05) is 25.0 Å². The standard InChI is InChI=1S/C20H22O8/c1-5-15(21)25-17(7-3)27-19(23)13-10-9-11-14(12-13)20(24)28-18(8-4)26-16(22)6-2/h5-6,9-12,17-18H,1-2,7-8H2,3-4H3. The maximum absolute atomic E-state index is 12.2. The molecule has 0 saturated carbocycles. The molecule has 1 rings (SSSR count). The van der Waals surface area contributed by atoms with Crippen LogP contribution in [0.15, 0.2) is 49.6 Å². The van der Waals surface area contributed by atoms with Gasteiger partial charge >= 0.3 is 23.9 Å². The van der Waals surface area contributed by atoms with Gasteiger partial charge in [0.05, 0.1) is 11.1 Å². The van der Waals surface area contributed by atoms with Crippen LogP contribution in [0.5, 0.6) is 0 Å². The number of rotatable bonds is 10. The SMILES string of the molecule is C=CC(=O)OC(CC)OC(=O)c1cccc(C(=O)OC(CC)OC(=O)C=C)c1. The van der Waals surface area contributed by atoms with E-state index in [-0.39, 0.29) is 24.0 Å². The van der Waals surface area contributed by atoms with Crippen molar-refractivity contribution in [2.24, 2.45) is 0 Å². The van der Waals surface area contributed by atoms with E-state index in [1.54, 1.807) is 13.8 Å². The minimum atomic E-state index is -1.09. The molecule has 28 heavy (non-hydrogen) atoms. The summed E-state index contributed by atoms with van der Waals surface area (Å²) in [7, 11) is 0. The van der Waals surface area contributed by atoms with Crippen molar-refractivity contribution in [3.05, 3.63) is 60.7 Å². The van der Waals surface area contributed by atoms with Crippen LogP contribution in [-0.2, 0) is 28.5 Å². The Morgan fingerprint density at radius 1 is 0.821 bits per heavy atom. The van der Waals surface area contributed by atoms with Crippen LogP contribution in [0.2, 0.25) is 0 Å². The summed E-state index contributed by atoms with van der Waals surface area (Å²) in [6.45, 7) is 9.86. The van der Waals surface area contributed by atoms with Gasteiger partial charge in [-0.25, -0.2) is 19.2 Å². The monoisotopic (exact) mass is 390 g/mol. The molecule has 0 bridgehead atoms. The van der Waals surface area contributed by atoms with Gasteiger partial charge in [-0.15, -0.1) is 0 Å². The quantitative estimate of drug-likeness (QED) is 0.341. The molecule has 0 radical (unpaired) electrons. The third-order valence-corrected chi connectivity index (χ3v) is 3.31. The first-order valence-electron chi connectivity index (χ1n) is 8.52. The first-order chi connectivity index (χ1) is 13.3. The first-order valence-corrected chi connectivity index (χ1v) is 8.52. The largest absolute Gasteiger partial charge is 0.422 e. The van der Waals surface area contributed by atoms with Gasteiger partial charge < -0.3 is 18.9 Å². The number of benzene rings is 1. The second-order valence-electron chi connectivity index (χ2n) is 5.35. The van der Waals surface area contributed by atoms with Crippen molar-refractivity contribution in [1.29, 1.82) is 0 Å². The summed E-state index contributed by atoms with van der Waals surface area (Å²) in [6.07, 6.45) is 0.208. The lowest BCUT2D eigenvalue weighted by molar-refractivity contribution is -0.163. The van der Waals surface area contributed by atoms with Crippen molar-refractivity contribution in [1.82, 2.24) is 0 Å².